The maximum absolute atomic E-state index is 5.46. The summed E-state index contributed by atoms with van der Waals surface area (Å²) in [6.07, 6.45) is 0. The summed E-state index contributed by atoms with van der Waals surface area (Å²) in [6, 6.07) is 18.5. The van der Waals surface area contributed by atoms with Gasteiger partial charge in [-0.1, -0.05) is 51.4 Å². The van der Waals surface area contributed by atoms with E-state index in [1.807, 2.05) is 24.3 Å². The first-order chi connectivity index (χ1) is 12.3. The second-order valence-corrected chi connectivity index (χ2v) is 7.19. The van der Waals surface area contributed by atoms with Gasteiger partial charge in [-0.25, -0.2) is 0 Å². The number of hydrogen-bond donors (Lipinski definition) is 1. The van der Waals surface area contributed by atoms with Crippen LogP contribution in [0.25, 0.3) is 11.4 Å². The van der Waals surface area contributed by atoms with E-state index < -0.39 is 0 Å². The summed E-state index contributed by atoms with van der Waals surface area (Å²) in [7, 11) is 0. The molecule has 1 fully saturated rings. The Morgan fingerprint density at radius 2 is 1.84 bits per heavy atom. The Morgan fingerprint density at radius 1 is 1.04 bits per heavy atom. The molecule has 2 heterocycles. The highest BCUT2D eigenvalue weighted by Gasteiger charge is 2.22. The Bertz CT molecular complexity index is 828. The number of piperazine rings is 1. The van der Waals surface area contributed by atoms with Gasteiger partial charge < -0.3 is 14.3 Å². The van der Waals surface area contributed by atoms with Crippen LogP contribution in [0.5, 0.6) is 0 Å². The number of hydrogen-bond acceptors (Lipinski definition) is 4. The molecule has 1 aliphatic heterocycles. The molecule has 4 rings (SSSR count). The van der Waals surface area contributed by atoms with E-state index in [9.17, 15) is 0 Å². The number of rotatable bonds is 4. The third-order valence-corrected chi connectivity index (χ3v) is 5.04. The van der Waals surface area contributed by atoms with Crippen LogP contribution in [0.4, 0.5) is 5.69 Å². The highest BCUT2D eigenvalue weighted by atomic mass is 79.9. The van der Waals surface area contributed by atoms with Crippen molar-refractivity contribution in [1.29, 1.82) is 0 Å². The molecule has 5 nitrogen and oxygen atoms in total. The molecule has 2 aromatic carbocycles. The molecule has 0 radical (unpaired) electrons. The zero-order chi connectivity index (χ0) is 17.1. The van der Waals surface area contributed by atoms with Gasteiger partial charge in [0.05, 0.1) is 26.2 Å². The smallest absolute Gasteiger partial charge is 0.282 e. The molecule has 0 spiro atoms. The van der Waals surface area contributed by atoms with Crippen LogP contribution in [0.2, 0.25) is 0 Å². The van der Waals surface area contributed by atoms with E-state index in [4.69, 9.17) is 4.52 Å². The lowest BCUT2D eigenvalue weighted by Gasteiger charge is -2.33. The average Bonchev–Trinajstić information content (AvgIpc) is 3.12. The zero-order valence-electron chi connectivity index (χ0n) is 13.9. The van der Waals surface area contributed by atoms with Gasteiger partial charge in [0.15, 0.2) is 6.54 Å². The molecule has 1 saturated heterocycles. The predicted molar refractivity (Wildman–Crippen MR) is 100 cm³/mol. The van der Waals surface area contributed by atoms with Crippen LogP contribution in [0.3, 0.4) is 0 Å². The van der Waals surface area contributed by atoms with Crippen LogP contribution in [0.1, 0.15) is 5.89 Å². The SMILES string of the molecule is Brc1cccc(-c2noc(C[NH+]3CCN(c4ccccc4)CC3)n2)c1. The number of quaternary nitrogens is 1. The van der Waals surface area contributed by atoms with Crippen LogP contribution in [0.15, 0.2) is 63.6 Å². The Balaban J connectivity index is 1.36. The molecule has 1 N–H and O–H groups in total. The zero-order valence-corrected chi connectivity index (χ0v) is 15.4. The van der Waals surface area contributed by atoms with E-state index in [0.717, 1.165) is 42.8 Å². The summed E-state index contributed by atoms with van der Waals surface area (Å²) in [5.41, 5.74) is 2.27. The first-order valence-electron chi connectivity index (χ1n) is 8.50. The minimum Gasteiger partial charge on any atom is -0.360 e. The molecule has 128 valence electrons. The number of aromatic nitrogens is 2. The summed E-state index contributed by atoms with van der Waals surface area (Å²) in [5.74, 6) is 1.36. The standard InChI is InChI=1S/C19H19BrN4O/c20-16-6-4-5-15(13-16)19-21-18(25-22-19)14-23-9-11-24(12-10-23)17-7-2-1-3-8-17/h1-8,13H,9-12,14H2/p+1. The van der Waals surface area contributed by atoms with Gasteiger partial charge in [-0.3, -0.25) is 0 Å². The summed E-state index contributed by atoms with van der Waals surface area (Å²) in [5, 5.41) is 4.12. The molecule has 0 aliphatic carbocycles. The first-order valence-corrected chi connectivity index (χ1v) is 9.29. The number of benzene rings is 2. The second-order valence-electron chi connectivity index (χ2n) is 6.27. The lowest BCUT2D eigenvalue weighted by atomic mass is 10.2. The topological polar surface area (TPSA) is 46.6 Å². The number of nitrogens with zero attached hydrogens (tertiary/aromatic N) is 3. The van der Waals surface area contributed by atoms with Crippen molar-refractivity contribution in [3.05, 3.63) is 65.0 Å². The normalized spacial score (nSPS) is 15.5. The minimum absolute atomic E-state index is 0.652. The van der Waals surface area contributed by atoms with Gasteiger partial charge in [0.25, 0.3) is 5.89 Å². The van der Waals surface area contributed by atoms with E-state index in [1.165, 1.54) is 10.6 Å². The molecule has 25 heavy (non-hydrogen) atoms. The first kappa shape index (κ1) is 16.3. The third-order valence-electron chi connectivity index (χ3n) is 4.54. The monoisotopic (exact) mass is 399 g/mol. The van der Waals surface area contributed by atoms with E-state index in [2.05, 4.69) is 61.3 Å². The molecule has 0 saturated carbocycles. The number of halogens is 1. The highest BCUT2D eigenvalue weighted by Crippen LogP contribution is 2.20. The van der Waals surface area contributed by atoms with Crippen molar-refractivity contribution in [2.75, 3.05) is 31.1 Å². The second kappa shape index (κ2) is 7.37. The largest absolute Gasteiger partial charge is 0.360 e. The maximum atomic E-state index is 5.46. The number of nitrogens with one attached hydrogen (secondary N) is 1. The fraction of sp³-hybridized carbons (Fsp3) is 0.263. The van der Waals surface area contributed by atoms with Crippen LogP contribution >= 0.6 is 15.9 Å². The van der Waals surface area contributed by atoms with Crippen molar-refractivity contribution in [1.82, 2.24) is 10.1 Å². The van der Waals surface area contributed by atoms with Crippen molar-refractivity contribution in [3.8, 4) is 11.4 Å². The highest BCUT2D eigenvalue weighted by molar-refractivity contribution is 9.10. The Morgan fingerprint density at radius 3 is 2.60 bits per heavy atom. The predicted octanol–water partition coefficient (Wildman–Crippen LogP) is 2.40. The van der Waals surface area contributed by atoms with Crippen molar-refractivity contribution >= 4 is 21.6 Å². The van der Waals surface area contributed by atoms with Crippen LogP contribution in [0, 0.1) is 0 Å². The van der Waals surface area contributed by atoms with Crippen molar-refractivity contribution in [2.24, 2.45) is 0 Å². The van der Waals surface area contributed by atoms with Crippen LogP contribution in [-0.4, -0.2) is 36.3 Å². The van der Waals surface area contributed by atoms with Crippen molar-refractivity contribution < 1.29 is 9.42 Å². The molecular formula is C19H20BrN4O+. The van der Waals surface area contributed by atoms with E-state index in [1.54, 1.807) is 0 Å². The van der Waals surface area contributed by atoms with Gasteiger partial charge >= 0.3 is 0 Å². The Labute approximate surface area is 155 Å². The van der Waals surface area contributed by atoms with Gasteiger partial charge in [-0.05, 0) is 24.3 Å². The molecule has 0 atom stereocenters. The summed E-state index contributed by atoms with van der Waals surface area (Å²) < 4.78 is 6.48. The summed E-state index contributed by atoms with van der Waals surface area (Å²) in [6.45, 7) is 5.02. The van der Waals surface area contributed by atoms with Crippen LogP contribution in [-0.2, 0) is 6.54 Å². The van der Waals surface area contributed by atoms with E-state index in [-0.39, 0.29) is 0 Å². The molecule has 1 aromatic heterocycles. The van der Waals surface area contributed by atoms with Crippen molar-refractivity contribution in [3.63, 3.8) is 0 Å². The van der Waals surface area contributed by atoms with Gasteiger partial charge in [0.1, 0.15) is 0 Å². The third kappa shape index (κ3) is 3.91. The average molecular weight is 400 g/mol. The summed E-state index contributed by atoms with van der Waals surface area (Å²) in [4.78, 5) is 8.48. The molecule has 3 aromatic rings. The minimum atomic E-state index is 0.652. The number of anilines is 1. The fourth-order valence-electron chi connectivity index (χ4n) is 3.18. The summed E-state index contributed by atoms with van der Waals surface area (Å²) >= 11 is 3.48. The molecular weight excluding hydrogens is 380 g/mol. The van der Waals surface area contributed by atoms with Gasteiger partial charge in [0, 0.05) is 15.7 Å². The Kier molecular flexibility index (Phi) is 4.81. The number of para-hydroxylation sites is 1. The van der Waals surface area contributed by atoms with Gasteiger partial charge in [-0.2, -0.15) is 4.98 Å². The fourth-order valence-corrected chi connectivity index (χ4v) is 3.58. The van der Waals surface area contributed by atoms with Crippen LogP contribution < -0.4 is 9.80 Å². The molecule has 0 unspecified atom stereocenters. The molecule has 6 heteroatoms. The van der Waals surface area contributed by atoms with Crippen molar-refractivity contribution in [2.45, 2.75) is 6.54 Å². The van der Waals surface area contributed by atoms with E-state index in [0.29, 0.717) is 11.7 Å². The lowest BCUT2D eigenvalue weighted by Crippen LogP contribution is -3.13. The van der Waals surface area contributed by atoms with E-state index >= 15 is 0 Å². The molecule has 0 bridgehead atoms. The maximum Gasteiger partial charge on any atom is 0.282 e. The Hall–Kier alpha value is -2.18. The lowest BCUT2D eigenvalue weighted by molar-refractivity contribution is -0.915. The van der Waals surface area contributed by atoms with Gasteiger partial charge in [-0.15, -0.1) is 0 Å². The molecule has 0 amide bonds. The van der Waals surface area contributed by atoms with Gasteiger partial charge in [0.2, 0.25) is 5.82 Å². The quantitative estimate of drug-likeness (QED) is 0.731. The molecule has 1 aliphatic rings.